The van der Waals surface area contributed by atoms with E-state index in [1.165, 1.54) is 36.0 Å². The van der Waals surface area contributed by atoms with E-state index in [1.807, 2.05) is 0 Å². The average Bonchev–Trinajstić information content (AvgIpc) is 3.06. The second-order valence-electron chi connectivity index (χ2n) is 6.14. The van der Waals surface area contributed by atoms with Crippen molar-refractivity contribution in [2.45, 2.75) is 38.8 Å². The molecule has 1 aromatic carbocycles. The largest absolute Gasteiger partial charge is 0.361 e. The second kappa shape index (κ2) is 5.98. The summed E-state index contributed by atoms with van der Waals surface area (Å²) in [6, 6.07) is 9.89. The molecule has 2 heterocycles. The minimum absolute atomic E-state index is 0.669. The number of H-pyrrole nitrogens is 1. The molecule has 3 heteroatoms. The molecule has 20 heavy (non-hydrogen) atoms. The Labute approximate surface area is 121 Å². The van der Waals surface area contributed by atoms with Crippen LogP contribution in [-0.2, 0) is 6.42 Å². The van der Waals surface area contributed by atoms with Crippen LogP contribution >= 0.6 is 0 Å². The van der Waals surface area contributed by atoms with Crippen LogP contribution in [0, 0.1) is 0 Å². The topological polar surface area (TPSA) is 31.1 Å². The van der Waals surface area contributed by atoms with Crippen LogP contribution < -0.4 is 5.32 Å². The minimum Gasteiger partial charge on any atom is -0.361 e. The highest BCUT2D eigenvalue weighted by atomic mass is 15.2. The molecule has 1 saturated heterocycles. The summed E-state index contributed by atoms with van der Waals surface area (Å²) >= 11 is 0. The number of benzene rings is 1. The summed E-state index contributed by atoms with van der Waals surface area (Å²) in [5.41, 5.74) is 2.67. The Balaban J connectivity index is 1.51. The fourth-order valence-electron chi connectivity index (χ4n) is 3.17. The number of nitrogens with zero attached hydrogens (tertiary/aromatic N) is 1. The summed E-state index contributed by atoms with van der Waals surface area (Å²) in [6.07, 6.45) is 4.54. The molecule has 0 radical (unpaired) electrons. The van der Waals surface area contributed by atoms with Crippen LogP contribution in [0.1, 0.15) is 25.8 Å². The monoisotopic (exact) mass is 271 g/mol. The second-order valence-corrected chi connectivity index (χ2v) is 6.14. The van der Waals surface area contributed by atoms with Gasteiger partial charge < -0.3 is 10.3 Å². The van der Waals surface area contributed by atoms with Gasteiger partial charge in [-0.3, -0.25) is 4.90 Å². The van der Waals surface area contributed by atoms with Crippen LogP contribution in [0.3, 0.4) is 0 Å². The number of fused-ring (bicyclic) bond motifs is 1. The van der Waals surface area contributed by atoms with Gasteiger partial charge in [0.2, 0.25) is 0 Å². The standard InChI is InChI=1S/C17H25N3/c1-13(2)20-10-8-15(12-20)18-9-7-14-11-19-17-6-4-3-5-16(14)17/h3-6,11,13,15,18-19H,7-10,12H2,1-2H3. The number of nitrogens with one attached hydrogen (secondary N) is 2. The molecule has 0 saturated carbocycles. The molecule has 1 aliphatic heterocycles. The van der Waals surface area contributed by atoms with Crippen molar-refractivity contribution in [2.75, 3.05) is 19.6 Å². The molecule has 1 fully saturated rings. The number of aromatic amines is 1. The molecule has 1 unspecified atom stereocenters. The van der Waals surface area contributed by atoms with Gasteiger partial charge in [-0.25, -0.2) is 0 Å². The molecule has 1 atom stereocenters. The molecule has 2 N–H and O–H groups in total. The molecule has 3 rings (SSSR count). The number of aromatic nitrogens is 1. The first kappa shape index (κ1) is 13.7. The predicted molar refractivity (Wildman–Crippen MR) is 85.1 cm³/mol. The third-order valence-electron chi connectivity index (χ3n) is 4.45. The van der Waals surface area contributed by atoms with E-state index < -0.39 is 0 Å². The first-order valence-corrected chi connectivity index (χ1v) is 7.76. The normalized spacial score (nSPS) is 20.2. The molecule has 0 aliphatic carbocycles. The number of rotatable bonds is 5. The Morgan fingerprint density at radius 2 is 2.20 bits per heavy atom. The summed E-state index contributed by atoms with van der Waals surface area (Å²) in [4.78, 5) is 5.91. The van der Waals surface area contributed by atoms with Gasteiger partial charge in [0.25, 0.3) is 0 Å². The van der Waals surface area contributed by atoms with Crippen molar-refractivity contribution in [1.82, 2.24) is 15.2 Å². The molecule has 0 bridgehead atoms. The average molecular weight is 271 g/mol. The van der Waals surface area contributed by atoms with Crippen molar-refractivity contribution in [3.63, 3.8) is 0 Å². The lowest BCUT2D eigenvalue weighted by Gasteiger charge is -2.20. The number of hydrogen-bond acceptors (Lipinski definition) is 2. The van der Waals surface area contributed by atoms with Crippen molar-refractivity contribution >= 4 is 10.9 Å². The Kier molecular flexibility index (Phi) is 4.08. The maximum Gasteiger partial charge on any atom is 0.0456 e. The van der Waals surface area contributed by atoms with Crippen LogP contribution in [0.5, 0.6) is 0 Å². The molecular weight excluding hydrogens is 246 g/mol. The number of likely N-dealkylation sites (tertiary alicyclic amines) is 1. The van der Waals surface area contributed by atoms with Gasteiger partial charge in [-0.15, -0.1) is 0 Å². The lowest BCUT2D eigenvalue weighted by Crippen LogP contribution is -2.36. The first-order valence-electron chi connectivity index (χ1n) is 7.76. The lowest BCUT2D eigenvalue weighted by molar-refractivity contribution is 0.268. The molecule has 108 valence electrons. The van der Waals surface area contributed by atoms with Crippen molar-refractivity contribution in [1.29, 1.82) is 0 Å². The molecule has 1 aromatic heterocycles. The van der Waals surface area contributed by atoms with E-state index in [2.05, 4.69) is 59.5 Å². The van der Waals surface area contributed by atoms with E-state index in [0.29, 0.717) is 12.1 Å². The molecular formula is C17H25N3. The van der Waals surface area contributed by atoms with E-state index in [0.717, 1.165) is 13.0 Å². The van der Waals surface area contributed by atoms with Gasteiger partial charge >= 0.3 is 0 Å². The summed E-state index contributed by atoms with van der Waals surface area (Å²) in [5.74, 6) is 0. The zero-order chi connectivity index (χ0) is 13.9. The van der Waals surface area contributed by atoms with Crippen LogP contribution in [0.25, 0.3) is 10.9 Å². The highest BCUT2D eigenvalue weighted by Crippen LogP contribution is 2.18. The van der Waals surface area contributed by atoms with Gasteiger partial charge in [-0.05, 0) is 51.4 Å². The SMILES string of the molecule is CC(C)N1CCC(NCCc2c[nH]c3ccccc23)C1. The molecule has 0 amide bonds. The highest BCUT2D eigenvalue weighted by molar-refractivity contribution is 5.83. The highest BCUT2D eigenvalue weighted by Gasteiger charge is 2.23. The maximum absolute atomic E-state index is 3.71. The number of para-hydroxylation sites is 1. The van der Waals surface area contributed by atoms with Crippen molar-refractivity contribution in [3.05, 3.63) is 36.0 Å². The van der Waals surface area contributed by atoms with Gasteiger partial charge in [0.05, 0.1) is 0 Å². The zero-order valence-electron chi connectivity index (χ0n) is 12.5. The quantitative estimate of drug-likeness (QED) is 0.876. The summed E-state index contributed by atoms with van der Waals surface area (Å²) in [7, 11) is 0. The fraction of sp³-hybridized carbons (Fsp3) is 0.529. The summed E-state index contributed by atoms with van der Waals surface area (Å²) < 4.78 is 0. The number of hydrogen-bond donors (Lipinski definition) is 2. The van der Waals surface area contributed by atoms with Gasteiger partial charge in [-0.2, -0.15) is 0 Å². The summed E-state index contributed by atoms with van der Waals surface area (Å²) in [6.45, 7) is 8.08. The Bertz CT molecular complexity index is 558. The third kappa shape index (κ3) is 2.89. The maximum atomic E-state index is 3.71. The zero-order valence-corrected chi connectivity index (χ0v) is 12.5. The van der Waals surface area contributed by atoms with Crippen LogP contribution in [0.15, 0.2) is 30.5 Å². The lowest BCUT2D eigenvalue weighted by atomic mass is 10.1. The summed E-state index contributed by atoms with van der Waals surface area (Å²) in [5, 5.41) is 5.08. The van der Waals surface area contributed by atoms with Crippen molar-refractivity contribution in [3.8, 4) is 0 Å². The first-order chi connectivity index (χ1) is 9.74. The molecule has 3 nitrogen and oxygen atoms in total. The van der Waals surface area contributed by atoms with Gasteiger partial charge in [-0.1, -0.05) is 18.2 Å². The smallest absolute Gasteiger partial charge is 0.0456 e. The predicted octanol–water partition coefficient (Wildman–Crippen LogP) is 2.78. The van der Waals surface area contributed by atoms with E-state index in [-0.39, 0.29) is 0 Å². The van der Waals surface area contributed by atoms with Gasteiger partial charge in [0.1, 0.15) is 0 Å². The molecule has 2 aromatic rings. The Morgan fingerprint density at radius 1 is 1.35 bits per heavy atom. The van der Waals surface area contributed by atoms with Crippen LogP contribution in [-0.4, -0.2) is 41.6 Å². The molecule has 1 aliphatic rings. The van der Waals surface area contributed by atoms with Gasteiger partial charge in [0.15, 0.2) is 0 Å². The Morgan fingerprint density at radius 3 is 3.00 bits per heavy atom. The fourth-order valence-corrected chi connectivity index (χ4v) is 3.17. The third-order valence-corrected chi connectivity index (χ3v) is 4.45. The van der Waals surface area contributed by atoms with Gasteiger partial charge in [0, 0.05) is 35.7 Å². The van der Waals surface area contributed by atoms with E-state index in [4.69, 9.17) is 0 Å². The molecule has 0 spiro atoms. The van der Waals surface area contributed by atoms with E-state index >= 15 is 0 Å². The van der Waals surface area contributed by atoms with E-state index in [9.17, 15) is 0 Å². The van der Waals surface area contributed by atoms with Crippen LogP contribution in [0.2, 0.25) is 0 Å². The van der Waals surface area contributed by atoms with Crippen LogP contribution in [0.4, 0.5) is 0 Å². The minimum atomic E-state index is 0.669. The van der Waals surface area contributed by atoms with Crippen molar-refractivity contribution in [2.24, 2.45) is 0 Å². The van der Waals surface area contributed by atoms with E-state index in [1.54, 1.807) is 0 Å². The van der Waals surface area contributed by atoms with Crippen molar-refractivity contribution < 1.29 is 0 Å². The Hall–Kier alpha value is -1.32.